The molecule has 0 aliphatic heterocycles. The predicted molar refractivity (Wildman–Crippen MR) is 99.8 cm³/mol. The summed E-state index contributed by atoms with van der Waals surface area (Å²) in [6, 6.07) is 0.0824. The number of hydrogen-bond donors (Lipinski definition) is 2. The first-order valence-corrected chi connectivity index (χ1v) is 9.72. The molecule has 9 heteroatoms. The maximum absolute atomic E-state index is 13.2. The molecule has 0 aromatic carbocycles. The van der Waals surface area contributed by atoms with Crippen LogP contribution >= 0.6 is 11.3 Å². The van der Waals surface area contributed by atoms with Gasteiger partial charge in [-0.3, -0.25) is 0 Å². The first-order chi connectivity index (χ1) is 12.6. The summed E-state index contributed by atoms with van der Waals surface area (Å²) in [5, 5.41) is 13.5. The second kappa shape index (κ2) is 6.07. The van der Waals surface area contributed by atoms with E-state index in [1.54, 1.807) is 6.92 Å². The molecule has 2 aromatic heterocycles. The van der Waals surface area contributed by atoms with Gasteiger partial charge in [-0.2, -0.15) is 0 Å². The molecular weight excluding hydrogens is 374 g/mol. The van der Waals surface area contributed by atoms with Gasteiger partial charge in [-0.05, 0) is 44.8 Å². The molecule has 4 rings (SSSR count). The number of rotatable bonds is 5. The van der Waals surface area contributed by atoms with E-state index in [4.69, 9.17) is 0 Å². The summed E-state index contributed by atoms with van der Waals surface area (Å²) >= 11 is 1.15. The highest BCUT2D eigenvalue weighted by Crippen LogP contribution is 2.62. The van der Waals surface area contributed by atoms with Crippen molar-refractivity contribution in [3.8, 4) is 0 Å². The molecule has 2 aromatic rings. The van der Waals surface area contributed by atoms with Crippen LogP contribution in [0.5, 0.6) is 0 Å². The highest BCUT2D eigenvalue weighted by molar-refractivity contribution is 7.20. The number of carboxylic acids is 1. The quantitative estimate of drug-likeness (QED) is 0.802. The van der Waals surface area contributed by atoms with Crippen molar-refractivity contribution in [2.75, 3.05) is 19.4 Å². The van der Waals surface area contributed by atoms with Gasteiger partial charge in [0.25, 0.3) is 0 Å². The first-order valence-electron chi connectivity index (χ1n) is 8.90. The number of alkyl halides is 2. The minimum Gasteiger partial charge on any atom is -0.477 e. The number of aryl methyl sites for hydroxylation is 1. The molecule has 2 aliphatic carbocycles. The number of thiophene rings is 1. The zero-order chi connectivity index (χ0) is 19.6. The van der Waals surface area contributed by atoms with Gasteiger partial charge >= 0.3 is 5.97 Å². The van der Waals surface area contributed by atoms with Crippen LogP contribution in [0.15, 0.2) is 0 Å². The van der Waals surface area contributed by atoms with Crippen LogP contribution in [0.4, 0.5) is 14.6 Å². The average Bonchev–Trinajstić information content (AvgIpc) is 2.80. The molecule has 0 bridgehead atoms. The lowest BCUT2D eigenvalue weighted by Gasteiger charge is -2.57. The van der Waals surface area contributed by atoms with Crippen LogP contribution in [0.1, 0.15) is 46.7 Å². The molecule has 6 nitrogen and oxygen atoms in total. The summed E-state index contributed by atoms with van der Waals surface area (Å²) in [7, 11) is 3.82. The van der Waals surface area contributed by atoms with Crippen LogP contribution in [-0.2, 0) is 6.54 Å². The van der Waals surface area contributed by atoms with Crippen molar-refractivity contribution in [2.24, 2.45) is 5.41 Å². The summed E-state index contributed by atoms with van der Waals surface area (Å²) in [6.07, 6.45) is 1.35. The number of aromatic carboxylic acids is 1. The molecule has 0 unspecified atom stereocenters. The first kappa shape index (κ1) is 18.5. The third-order valence-electron chi connectivity index (χ3n) is 5.46. The lowest BCUT2D eigenvalue weighted by atomic mass is 9.52. The molecule has 0 saturated heterocycles. The largest absolute Gasteiger partial charge is 0.477 e. The van der Waals surface area contributed by atoms with Crippen molar-refractivity contribution < 1.29 is 18.7 Å². The smallest absolute Gasteiger partial charge is 0.346 e. The highest BCUT2D eigenvalue weighted by Gasteiger charge is 2.61. The molecule has 27 heavy (non-hydrogen) atoms. The van der Waals surface area contributed by atoms with Crippen LogP contribution in [0.2, 0.25) is 0 Å². The Labute approximate surface area is 159 Å². The van der Waals surface area contributed by atoms with Gasteiger partial charge in [-0.25, -0.2) is 23.5 Å². The zero-order valence-electron chi connectivity index (χ0n) is 15.5. The summed E-state index contributed by atoms with van der Waals surface area (Å²) in [5.41, 5.74) is 0.418. The van der Waals surface area contributed by atoms with E-state index in [1.807, 2.05) is 19.0 Å². The number of fused-ring (bicyclic) bond motifs is 1. The fourth-order valence-corrected chi connectivity index (χ4v) is 5.50. The second-order valence-corrected chi connectivity index (χ2v) is 9.23. The van der Waals surface area contributed by atoms with Crippen LogP contribution in [0.25, 0.3) is 10.2 Å². The van der Waals surface area contributed by atoms with Crippen LogP contribution in [0, 0.1) is 12.3 Å². The number of halogens is 2. The zero-order valence-corrected chi connectivity index (χ0v) is 16.3. The van der Waals surface area contributed by atoms with Crippen molar-refractivity contribution in [3.05, 3.63) is 16.3 Å². The number of carboxylic acid groups (broad SMARTS) is 1. The summed E-state index contributed by atoms with van der Waals surface area (Å²) < 4.78 is 26.4. The van der Waals surface area contributed by atoms with E-state index in [-0.39, 0.29) is 29.2 Å². The van der Waals surface area contributed by atoms with Crippen molar-refractivity contribution in [3.63, 3.8) is 0 Å². The van der Waals surface area contributed by atoms with E-state index in [2.05, 4.69) is 15.3 Å². The number of nitrogens with one attached hydrogen (secondary N) is 1. The van der Waals surface area contributed by atoms with Gasteiger partial charge in [-0.1, -0.05) is 0 Å². The van der Waals surface area contributed by atoms with Gasteiger partial charge in [0.1, 0.15) is 21.3 Å². The van der Waals surface area contributed by atoms with Crippen molar-refractivity contribution in [2.45, 2.75) is 51.1 Å². The van der Waals surface area contributed by atoms with E-state index in [9.17, 15) is 18.7 Å². The Morgan fingerprint density at radius 3 is 2.56 bits per heavy atom. The molecular formula is C18H22F2N4O2S. The third-order valence-corrected chi connectivity index (χ3v) is 6.63. The maximum atomic E-state index is 13.2. The van der Waals surface area contributed by atoms with Gasteiger partial charge in [-0.15, -0.1) is 11.3 Å². The number of anilines is 1. The summed E-state index contributed by atoms with van der Waals surface area (Å²) in [5.74, 6) is -2.26. The van der Waals surface area contributed by atoms with Gasteiger partial charge in [0.15, 0.2) is 0 Å². The highest BCUT2D eigenvalue weighted by atomic mass is 32.1. The molecule has 146 valence electrons. The standard InChI is InChI=1S/C18H22F2N4O2S/c1-9-12-14(21-10-4-17(5-10)7-18(19,20)8-17)22-11(6-24(2)3)23-15(12)27-13(9)16(25)26/h10H,4-8H2,1-3H3,(H,25,26)(H,21,22,23). The molecule has 0 radical (unpaired) electrons. The second-order valence-electron chi connectivity index (χ2n) is 8.23. The number of nitrogens with zero attached hydrogens (tertiary/aromatic N) is 3. The van der Waals surface area contributed by atoms with Crippen LogP contribution in [-0.4, -0.2) is 52.0 Å². The molecule has 2 aliphatic rings. The molecule has 2 saturated carbocycles. The molecule has 1 spiro atoms. The van der Waals surface area contributed by atoms with Crippen molar-refractivity contribution in [1.82, 2.24) is 14.9 Å². The maximum Gasteiger partial charge on any atom is 0.346 e. The predicted octanol–water partition coefficient (Wildman–Crippen LogP) is 3.75. The molecule has 0 amide bonds. The Bertz CT molecular complexity index is 912. The topological polar surface area (TPSA) is 78.3 Å². The van der Waals surface area contributed by atoms with Crippen LogP contribution < -0.4 is 5.32 Å². The van der Waals surface area contributed by atoms with Gasteiger partial charge < -0.3 is 15.3 Å². The monoisotopic (exact) mass is 396 g/mol. The Morgan fingerprint density at radius 2 is 2.00 bits per heavy atom. The van der Waals surface area contributed by atoms with Gasteiger partial charge in [0.2, 0.25) is 5.92 Å². The molecule has 2 fully saturated rings. The third kappa shape index (κ3) is 3.27. The van der Waals surface area contributed by atoms with Crippen LogP contribution in [0.3, 0.4) is 0 Å². The number of hydrogen-bond acceptors (Lipinski definition) is 6. The van der Waals surface area contributed by atoms with Gasteiger partial charge in [0, 0.05) is 18.9 Å². The minimum absolute atomic E-state index is 0.0239. The Hall–Kier alpha value is -1.87. The van der Waals surface area contributed by atoms with E-state index >= 15 is 0 Å². The lowest BCUT2D eigenvalue weighted by Crippen LogP contribution is -2.57. The average molecular weight is 396 g/mol. The fourth-order valence-electron chi connectivity index (χ4n) is 4.46. The lowest BCUT2D eigenvalue weighted by molar-refractivity contribution is -0.193. The number of carbonyl (C=O) groups is 1. The normalized spacial score (nSPS) is 20.7. The van der Waals surface area contributed by atoms with Crippen molar-refractivity contribution in [1.29, 1.82) is 0 Å². The Kier molecular flexibility index (Phi) is 4.15. The SMILES string of the molecule is Cc1c(C(=O)O)sc2nc(CN(C)C)nc(NC3CC4(C3)CC(F)(F)C4)c12. The van der Waals surface area contributed by atoms with E-state index in [0.717, 1.165) is 16.7 Å². The molecule has 2 heterocycles. The summed E-state index contributed by atoms with van der Waals surface area (Å²) in [6.45, 7) is 2.29. The fraction of sp³-hybridized carbons (Fsp3) is 0.611. The molecule has 2 N–H and O–H groups in total. The Balaban J connectivity index is 1.63. The number of aromatic nitrogens is 2. The van der Waals surface area contributed by atoms with E-state index < -0.39 is 11.9 Å². The van der Waals surface area contributed by atoms with Gasteiger partial charge in [0.05, 0.1) is 11.9 Å². The van der Waals surface area contributed by atoms with Crippen molar-refractivity contribution >= 4 is 33.3 Å². The summed E-state index contributed by atoms with van der Waals surface area (Å²) in [4.78, 5) is 23.5. The molecule has 0 atom stereocenters. The Morgan fingerprint density at radius 1 is 1.33 bits per heavy atom. The minimum atomic E-state index is -2.51. The van der Waals surface area contributed by atoms with E-state index in [0.29, 0.717) is 41.4 Å². The van der Waals surface area contributed by atoms with E-state index in [1.165, 1.54) is 0 Å².